The van der Waals surface area contributed by atoms with Crippen LogP contribution in [0.2, 0.25) is 0 Å². The quantitative estimate of drug-likeness (QED) is 0.425. The maximum absolute atomic E-state index is 13.7. The number of aromatic nitrogens is 5. The number of nitrogens with zero attached hydrogens (tertiary/aromatic N) is 5. The van der Waals surface area contributed by atoms with Gasteiger partial charge in [0.25, 0.3) is 5.91 Å². The predicted molar refractivity (Wildman–Crippen MR) is 131 cm³/mol. The summed E-state index contributed by atoms with van der Waals surface area (Å²) in [5.41, 5.74) is 3.14. The second-order valence-electron chi connectivity index (χ2n) is 9.27. The summed E-state index contributed by atoms with van der Waals surface area (Å²) in [7, 11) is 3.49. The first kappa shape index (κ1) is 22.9. The summed E-state index contributed by atoms with van der Waals surface area (Å²) in [5, 5.41) is 10.3. The number of carbonyl (C=O) groups excluding carboxylic acids is 1. The van der Waals surface area contributed by atoms with E-state index in [0.717, 1.165) is 23.4 Å². The predicted octanol–water partition coefficient (Wildman–Crippen LogP) is 2.95. The molecule has 2 N–H and O–H groups in total. The molecule has 3 aliphatic heterocycles. The monoisotopic (exact) mass is 493 g/mol. The van der Waals surface area contributed by atoms with E-state index in [2.05, 4.69) is 20.3 Å². The molecule has 1 saturated carbocycles. The Hall–Kier alpha value is -3.57. The van der Waals surface area contributed by atoms with Gasteiger partial charge in [0.05, 0.1) is 30.6 Å². The van der Waals surface area contributed by atoms with E-state index in [4.69, 9.17) is 19.4 Å². The van der Waals surface area contributed by atoms with Crippen molar-refractivity contribution in [1.29, 1.82) is 0 Å². The van der Waals surface area contributed by atoms with Crippen LogP contribution in [0.15, 0.2) is 36.8 Å². The normalized spacial score (nSPS) is 24.1. The van der Waals surface area contributed by atoms with Crippen molar-refractivity contribution in [1.82, 2.24) is 29.5 Å². The van der Waals surface area contributed by atoms with Gasteiger partial charge in [-0.3, -0.25) is 4.79 Å². The molecule has 4 atom stereocenters. The van der Waals surface area contributed by atoms with Crippen LogP contribution in [0.1, 0.15) is 35.7 Å². The third kappa shape index (κ3) is 3.70. The molecule has 1 unspecified atom stereocenters. The maximum Gasteiger partial charge on any atom is 0.257 e. The van der Waals surface area contributed by atoms with E-state index >= 15 is 0 Å². The lowest BCUT2D eigenvalue weighted by Gasteiger charge is -2.33. The zero-order chi connectivity index (χ0) is 24.8. The number of fused-ring (bicyclic) bond motifs is 2. The SMILES string of the molecule is CNc1cc(-c2cnc3n(C4CCOC[C@@H]4OC)cccc2-3)nc2c(C(=O)N[C@H]3CC[C@H]3F)cnn12. The molecule has 1 aliphatic carbocycles. The molecule has 11 heteroatoms. The zero-order valence-corrected chi connectivity index (χ0v) is 20.1. The van der Waals surface area contributed by atoms with Crippen LogP contribution >= 0.6 is 0 Å². The van der Waals surface area contributed by atoms with E-state index in [1.165, 1.54) is 6.20 Å². The molecule has 1 amide bonds. The Morgan fingerprint density at radius 2 is 2.14 bits per heavy atom. The molecule has 2 fully saturated rings. The minimum absolute atomic E-state index is 0.0627. The number of hydrogen-bond acceptors (Lipinski definition) is 7. The highest BCUT2D eigenvalue weighted by molar-refractivity contribution is 6.00. The molecule has 188 valence electrons. The molecule has 2 aromatic rings. The summed E-state index contributed by atoms with van der Waals surface area (Å²) in [4.78, 5) is 22.5. The van der Waals surface area contributed by atoms with E-state index in [1.54, 1.807) is 24.9 Å². The van der Waals surface area contributed by atoms with E-state index in [0.29, 0.717) is 48.8 Å². The minimum atomic E-state index is -1.01. The average molecular weight is 494 g/mol. The summed E-state index contributed by atoms with van der Waals surface area (Å²) < 4.78 is 28.8. The highest BCUT2D eigenvalue weighted by atomic mass is 19.1. The Bertz CT molecular complexity index is 1390. The number of hydrogen-bond donors (Lipinski definition) is 2. The van der Waals surface area contributed by atoms with Gasteiger partial charge in [-0.15, -0.1) is 0 Å². The second-order valence-corrected chi connectivity index (χ2v) is 9.27. The lowest BCUT2D eigenvalue weighted by Crippen LogP contribution is -2.48. The van der Waals surface area contributed by atoms with Gasteiger partial charge in [-0.25, -0.2) is 14.4 Å². The number of nitrogens with one attached hydrogen (secondary N) is 2. The summed E-state index contributed by atoms with van der Waals surface area (Å²) in [6.07, 6.45) is 6.17. The number of amides is 1. The van der Waals surface area contributed by atoms with Gasteiger partial charge in [0.15, 0.2) is 5.65 Å². The van der Waals surface area contributed by atoms with E-state index in [9.17, 15) is 9.18 Å². The fraction of sp³-hybridized carbons (Fsp3) is 0.440. The first-order valence-electron chi connectivity index (χ1n) is 12.2. The average Bonchev–Trinajstić information content (AvgIpc) is 3.54. The van der Waals surface area contributed by atoms with E-state index in [-0.39, 0.29) is 18.1 Å². The van der Waals surface area contributed by atoms with Crippen LogP contribution < -0.4 is 10.6 Å². The molecular formula is C25H28FN7O3. The Morgan fingerprint density at radius 1 is 1.25 bits per heavy atom. The van der Waals surface area contributed by atoms with Crippen molar-refractivity contribution in [3.8, 4) is 22.6 Å². The second kappa shape index (κ2) is 9.14. The number of methoxy groups -OCH3 is 1. The molecule has 36 heavy (non-hydrogen) atoms. The first-order chi connectivity index (χ1) is 17.6. The first-order valence-corrected chi connectivity index (χ1v) is 12.2. The van der Waals surface area contributed by atoms with Gasteiger partial charge in [0.2, 0.25) is 0 Å². The molecule has 0 radical (unpaired) electrons. The lowest BCUT2D eigenvalue weighted by atomic mass is 9.90. The van der Waals surface area contributed by atoms with Crippen LogP contribution in [0.3, 0.4) is 0 Å². The van der Waals surface area contributed by atoms with Gasteiger partial charge in [-0.1, -0.05) is 0 Å². The number of alkyl halides is 1. The molecule has 0 aromatic carbocycles. The van der Waals surface area contributed by atoms with Crippen LogP contribution in [0.5, 0.6) is 0 Å². The smallest absolute Gasteiger partial charge is 0.257 e. The summed E-state index contributed by atoms with van der Waals surface area (Å²) in [5.74, 6) is 1.13. The Balaban J connectivity index is 1.39. The largest absolute Gasteiger partial charge is 0.379 e. The van der Waals surface area contributed by atoms with Gasteiger partial charge in [-0.05, 0) is 31.4 Å². The summed E-state index contributed by atoms with van der Waals surface area (Å²) in [6, 6.07) is 5.54. The zero-order valence-electron chi connectivity index (χ0n) is 20.1. The van der Waals surface area contributed by atoms with Gasteiger partial charge in [0, 0.05) is 50.4 Å². The maximum atomic E-state index is 13.7. The molecule has 5 heterocycles. The van der Waals surface area contributed by atoms with Crippen molar-refractivity contribution >= 4 is 17.4 Å². The Labute approximate surface area is 207 Å². The van der Waals surface area contributed by atoms with Crippen molar-refractivity contribution in [3.05, 3.63) is 42.4 Å². The topological polar surface area (TPSA) is 108 Å². The fourth-order valence-electron chi connectivity index (χ4n) is 5.08. The Kier molecular flexibility index (Phi) is 5.81. The van der Waals surface area contributed by atoms with Crippen LogP contribution in [-0.4, -0.2) is 75.7 Å². The van der Waals surface area contributed by atoms with Crippen molar-refractivity contribution in [2.24, 2.45) is 0 Å². The Morgan fingerprint density at radius 3 is 2.89 bits per heavy atom. The molecule has 4 aliphatic rings. The number of carbonyl (C=O) groups is 1. The number of halogens is 1. The van der Waals surface area contributed by atoms with Gasteiger partial charge in [-0.2, -0.15) is 9.61 Å². The van der Waals surface area contributed by atoms with Gasteiger partial charge >= 0.3 is 0 Å². The standard InChI is InChI=1S/C25H28FN7O3/c1-27-22-10-19(30-24-16(12-29-33(22)24)25(34)31-18-6-5-17(18)26)15-11-28-23-14(15)4-3-8-32(23)20-7-9-36-13-21(20)35-2/h3-4,8,10-12,17-18,20-21,27H,5-7,9,13H2,1-2H3,(H,31,34)/t17-,18+,20?,21+/m1/s1. The van der Waals surface area contributed by atoms with Crippen LogP contribution in [0, 0.1) is 0 Å². The molecule has 6 rings (SSSR count). The fourth-order valence-corrected chi connectivity index (χ4v) is 5.08. The third-order valence-corrected chi connectivity index (χ3v) is 7.29. The third-order valence-electron chi connectivity index (χ3n) is 7.29. The summed E-state index contributed by atoms with van der Waals surface area (Å²) >= 11 is 0. The molecule has 0 bridgehead atoms. The summed E-state index contributed by atoms with van der Waals surface area (Å²) in [6.45, 7) is 1.21. The molecule has 0 spiro atoms. The lowest BCUT2D eigenvalue weighted by molar-refractivity contribution is -0.0600. The highest BCUT2D eigenvalue weighted by Crippen LogP contribution is 2.37. The highest BCUT2D eigenvalue weighted by Gasteiger charge is 2.33. The van der Waals surface area contributed by atoms with Crippen LogP contribution in [-0.2, 0) is 9.47 Å². The van der Waals surface area contributed by atoms with Crippen molar-refractivity contribution in [2.75, 3.05) is 32.7 Å². The van der Waals surface area contributed by atoms with Crippen molar-refractivity contribution < 1.29 is 18.7 Å². The minimum Gasteiger partial charge on any atom is -0.379 e. The van der Waals surface area contributed by atoms with Crippen LogP contribution in [0.4, 0.5) is 10.2 Å². The van der Waals surface area contributed by atoms with Gasteiger partial charge in [0.1, 0.15) is 29.5 Å². The van der Waals surface area contributed by atoms with E-state index < -0.39 is 12.2 Å². The van der Waals surface area contributed by atoms with Crippen molar-refractivity contribution in [2.45, 2.75) is 43.6 Å². The number of ether oxygens (including phenoxy) is 2. The van der Waals surface area contributed by atoms with Crippen molar-refractivity contribution in [3.63, 3.8) is 0 Å². The number of pyridine rings is 1. The molecule has 2 aromatic heterocycles. The number of rotatable bonds is 6. The number of anilines is 1. The van der Waals surface area contributed by atoms with Gasteiger partial charge < -0.3 is 24.7 Å². The molecular weight excluding hydrogens is 465 g/mol. The van der Waals surface area contributed by atoms with Crippen LogP contribution in [0.25, 0.3) is 28.3 Å². The van der Waals surface area contributed by atoms with E-state index in [1.807, 2.05) is 24.4 Å². The molecule has 10 nitrogen and oxygen atoms in total. The molecule has 1 saturated heterocycles.